The van der Waals surface area contributed by atoms with Gasteiger partial charge in [0.15, 0.2) is 0 Å². The van der Waals surface area contributed by atoms with Crippen LogP contribution in [0.25, 0.3) is 0 Å². The van der Waals surface area contributed by atoms with Gasteiger partial charge in [-0.2, -0.15) is 0 Å². The Hall–Kier alpha value is -2.93. The molecule has 0 aliphatic carbocycles. The first-order valence-electron chi connectivity index (χ1n) is 9.20. The molecular weight excluding hydrogens is 359 g/mol. The third-order valence-electron chi connectivity index (χ3n) is 5.00. The van der Waals surface area contributed by atoms with Crippen LogP contribution >= 0.6 is 0 Å². The van der Waals surface area contributed by atoms with E-state index in [2.05, 4.69) is 40.8 Å². The van der Waals surface area contributed by atoms with Crippen molar-refractivity contribution in [2.75, 3.05) is 44.4 Å². The number of hydrogen-bond donors (Lipinski definition) is 2. The molecule has 1 aliphatic heterocycles. The standard InChI is InChI=1S/C21H25FN4O2/c1-25(2)19(14-4-9-18-15(12-14)10-11-26(18)3)13-23-20(27)21(28)24-17-7-5-16(22)6-8-17/h4-9,12,19H,10-11,13H2,1-3H3,(H,23,27)(H,24,28)/t19-/m1/s1. The zero-order valence-electron chi connectivity index (χ0n) is 16.3. The minimum atomic E-state index is -0.778. The van der Waals surface area contributed by atoms with Gasteiger partial charge in [-0.15, -0.1) is 0 Å². The van der Waals surface area contributed by atoms with Crippen LogP contribution in [-0.4, -0.2) is 50.9 Å². The summed E-state index contributed by atoms with van der Waals surface area (Å²) in [6, 6.07) is 11.6. The molecule has 7 heteroatoms. The number of anilines is 2. The van der Waals surface area contributed by atoms with Crippen LogP contribution in [0.4, 0.5) is 15.8 Å². The van der Waals surface area contributed by atoms with Crippen LogP contribution in [0, 0.1) is 5.82 Å². The Kier molecular flexibility index (Phi) is 5.94. The first-order chi connectivity index (χ1) is 13.3. The lowest BCUT2D eigenvalue weighted by Gasteiger charge is -2.26. The number of nitrogens with zero attached hydrogens (tertiary/aromatic N) is 2. The quantitative estimate of drug-likeness (QED) is 0.776. The summed E-state index contributed by atoms with van der Waals surface area (Å²) in [6.45, 7) is 1.31. The molecule has 148 valence electrons. The average molecular weight is 384 g/mol. The van der Waals surface area contributed by atoms with Crippen molar-refractivity contribution in [3.63, 3.8) is 0 Å². The van der Waals surface area contributed by atoms with E-state index in [-0.39, 0.29) is 6.04 Å². The predicted molar refractivity (Wildman–Crippen MR) is 108 cm³/mol. The SMILES string of the molecule is CN1CCc2cc([C@@H](CNC(=O)C(=O)Nc3ccc(F)cc3)N(C)C)ccc21. The second kappa shape index (κ2) is 8.39. The molecule has 0 fully saturated rings. The Morgan fingerprint density at radius 1 is 1.14 bits per heavy atom. The minimum absolute atomic E-state index is 0.0567. The Balaban J connectivity index is 1.62. The van der Waals surface area contributed by atoms with Crippen molar-refractivity contribution >= 4 is 23.2 Å². The third-order valence-corrected chi connectivity index (χ3v) is 5.00. The van der Waals surface area contributed by atoms with Crippen LogP contribution in [0.15, 0.2) is 42.5 Å². The highest BCUT2D eigenvalue weighted by atomic mass is 19.1. The normalized spacial score (nSPS) is 14.0. The molecular formula is C21H25FN4O2. The first-order valence-corrected chi connectivity index (χ1v) is 9.20. The van der Waals surface area contributed by atoms with E-state index in [9.17, 15) is 14.0 Å². The van der Waals surface area contributed by atoms with E-state index < -0.39 is 17.6 Å². The van der Waals surface area contributed by atoms with E-state index in [1.165, 1.54) is 35.5 Å². The molecule has 6 nitrogen and oxygen atoms in total. The molecule has 1 aliphatic rings. The summed E-state index contributed by atoms with van der Waals surface area (Å²) < 4.78 is 12.9. The van der Waals surface area contributed by atoms with Crippen molar-refractivity contribution in [2.45, 2.75) is 12.5 Å². The number of nitrogens with one attached hydrogen (secondary N) is 2. The molecule has 3 rings (SSSR count). The van der Waals surface area contributed by atoms with Gasteiger partial charge in [0.1, 0.15) is 5.82 Å². The first kappa shape index (κ1) is 19.8. The van der Waals surface area contributed by atoms with Gasteiger partial charge < -0.3 is 20.4 Å². The van der Waals surface area contributed by atoms with Gasteiger partial charge in [-0.05, 0) is 62.0 Å². The fraction of sp³-hybridized carbons (Fsp3) is 0.333. The Morgan fingerprint density at radius 2 is 1.86 bits per heavy atom. The lowest BCUT2D eigenvalue weighted by Crippen LogP contribution is -2.40. The van der Waals surface area contributed by atoms with E-state index in [1.54, 1.807) is 0 Å². The van der Waals surface area contributed by atoms with E-state index in [0.29, 0.717) is 12.2 Å². The third kappa shape index (κ3) is 4.48. The smallest absolute Gasteiger partial charge is 0.313 e. The topological polar surface area (TPSA) is 64.7 Å². The van der Waals surface area contributed by atoms with Crippen LogP contribution < -0.4 is 15.5 Å². The van der Waals surface area contributed by atoms with Gasteiger partial charge >= 0.3 is 11.8 Å². The molecule has 0 bridgehead atoms. The number of fused-ring (bicyclic) bond motifs is 1. The molecule has 0 saturated carbocycles. The summed E-state index contributed by atoms with van der Waals surface area (Å²) in [7, 11) is 5.96. The van der Waals surface area contributed by atoms with Crippen LogP contribution in [-0.2, 0) is 16.0 Å². The van der Waals surface area contributed by atoms with Crippen LogP contribution in [0.3, 0.4) is 0 Å². The van der Waals surface area contributed by atoms with E-state index in [0.717, 1.165) is 18.5 Å². The summed E-state index contributed by atoms with van der Waals surface area (Å²) in [5.74, 6) is -1.91. The van der Waals surface area contributed by atoms with E-state index in [1.807, 2.05) is 19.0 Å². The number of amides is 2. The number of hydrogen-bond acceptors (Lipinski definition) is 4. The molecule has 1 atom stereocenters. The van der Waals surface area contributed by atoms with Gasteiger partial charge in [0, 0.05) is 31.5 Å². The van der Waals surface area contributed by atoms with Gasteiger partial charge in [0.05, 0.1) is 6.04 Å². The fourth-order valence-electron chi connectivity index (χ4n) is 3.38. The fourth-order valence-corrected chi connectivity index (χ4v) is 3.38. The van der Waals surface area contributed by atoms with Crippen LogP contribution in [0.5, 0.6) is 0 Å². The summed E-state index contributed by atoms with van der Waals surface area (Å²) in [6.07, 6.45) is 1.01. The highest BCUT2D eigenvalue weighted by molar-refractivity contribution is 6.39. The molecule has 2 aromatic carbocycles. The number of benzene rings is 2. The largest absolute Gasteiger partial charge is 0.374 e. The zero-order valence-corrected chi connectivity index (χ0v) is 16.3. The van der Waals surface area contributed by atoms with Gasteiger partial charge in [0.25, 0.3) is 0 Å². The predicted octanol–water partition coefficient (Wildman–Crippen LogP) is 2.18. The maximum atomic E-state index is 12.9. The van der Waals surface area contributed by atoms with Crippen molar-refractivity contribution in [3.05, 3.63) is 59.4 Å². The molecule has 2 N–H and O–H groups in total. The Morgan fingerprint density at radius 3 is 2.54 bits per heavy atom. The maximum Gasteiger partial charge on any atom is 0.313 e. The summed E-state index contributed by atoms with van der Waals surface area (Å²) in [5.41, 5.74) is 4.00. The monoisotopic (exact) mass is 384 g/mol. The number of halogens is 1. The van der Waals surface area contributed by atoms with Gasteiger partial charge in [-0.1, -0.05) is 12.1 Å². The molecule has 1 heterocycles. The van der Waals surface area contributed by atoms with Crippen molar-refractivity contribution in [3.8, 4) is 0 Å². The Labute approximate surface area is 164 Å². The van der Waals surface area contributed by atoms with Crippen molar-refractivity contribution in [2.24, 2.45) is 0 Å². The molecule has 0 aromatic heterocycles. The highest BCUT2D eigenvalue weighted by Crippen LogP contribution is 2.30. The molecule has 0 radical (unpaired) electrons. The van der Waals surface area contributed by atoms with Crippen LogP contribution in [0.2, 0.25) is 0 Å². The average Bonchev–Trinajstić information content (AvgIpc) is 3.03. The van der Waals surface area contributed by atoms with Gasteiger partial charge in [-0.25, -0.2) is 4.39 Å². The molecule has 28 heavy (non-hydrogen) atoms. The number of carbonyl (C=O) groups is 2. The lowest BCUT2D eigenvalue weighted by molar-refractivity contribution is -0.136. The van der Waals surface area contributed by atoms with E-state index in [4.69, 9.17) is 0 Å². The summed E-state index contributed by atoms with van der Waals surface area (Å²) in [5, 5.41) is 5.16. The Bertz CT molecular complexity index is 867. The van der Waals surface area contributed by atoms with Crippen molar-refractivity contribution in [1.82, 2.24) is 10.2 Å². The van der Waals surface area contributed by atoms with E-state index >= 15 is 0 Å². The molecule has 0 spiro atoms. The summed E-state index contributed by atoms with van der Waals surface area (Å²) >= 11 is 0. The van der Waals surface area contributed by atoms with Gasteiger partial charge in [-0.3, -0.25) is 9.59 Å². The molecule has 0 saturated heterocycles. The second-order valence-corrected chi connectivity index (χ2v) is 7.21. The number of likely N-dealkylation sites (N-methyl/N-ethyl adjacent to an activating group) is 2. The van der Waals surface area contributed by atoms with Crippen LogP contribution in [0.1, 0.15) is 17.2 Å². The molecule has 0 unspecified atom stereocenters. The number of carbonyl (C=O) groups excluding carboxylic acids is 2. The highest BCUT2D eigenvalue weighted by Gasteiger charge is 2.22. The zero-order chi connectivity index (χ0) is 20.3. The number of rotatable bonds is 5. The van der Waals surface area contributed by atoms with Crippen molar-refractivity contribution < 1.29 is 14.0 Å². The summed E-state index contributed by atoms with van der Waals surface area (Å²) in [4.78, 5) is 28.5. The minimum Gasteiger partial charge on any atom is -0.374 e. The molecule has 2 amide bonds. The van der Waals surface area contributed by atoms with Crippen molar-refractivity contribution in [1.29, 1.82) is 0 Å². The maximum absolute atomic E-state index is 12.9. The van der Waals surface area contributed by atoms with Gasteiger partial charge in [0.2, 0.25) is 0 Å². The second-order valence-electron chi connectivity index (χ2n) is 7.21. The lowest BCUT2D eigenvalue weighted by atomic mass is 10.0. The molecule has 2 aromatic rings.